The van der Waals surface area contributed by atoms with Crippen molar-refractivity contribution in [2.45, 2.75) is 51.8 Å². The van der Waals surface area contributed by atoms with E-state index < -0.39 is 12.3 Å². The van der Waals surface area contributed by atoms with Crippen molar-refractivity contribution in [1.29, 1.82) is 0 Å². The van der Waals surface area contributed by atoms with E-state index in [1.165, 1.54) is 13.2 Å². The molecule has 0 aliphatic rings. The second-order valence-electron chi connectivity index (χ2n) is 5.44. The van der Waals surface area contributed by atoms with E-state index in [1.807, 2.05) is 13.8 Å². The van der Waals surface area contributed by atoms with Crippen molar-refractivity contribution in [3.63, 3.8) is 0 Å². The highest BCUT2D eigenvalue weighted by atomic mass is 19.4. The summed E-state index contributed by atoms with van der Waals surface area (Å²) < 4.78 is 43.7. The maximum absolute atomic E-state index is 12.8. The van der Waals surface area contributed by atoms with Gasteiger partial charge in [0.25, 0.3) is 0 Å². The predicted octanol–water partition coefficient (Wildman–Crippen LogP) is 4.54. The Morgan fingerprint density at radius 3 is 1.85 bits per heavy atom. The average molecular weight is 290 g/mol. The number of hydrogen-bond donors (Lipinski definition) is 1. The van der Waals surface area contributed by atoms with E-state index in [-0.39, 0.29) is 17.4 Å². The number of methoxy groups -OCH3 is 1. The standard InChI is InChI=1S/C15H21F3O2/c1-8(2)10-6-7-11(14(19)15(16,17)18)12(9(3)4)13(10)20-5/h6-9,14,19H,1-5H3. The summed E-state index contributed by atoms with van der Waals surface area (Å²) in [5.74, 6) is 0.381. The van der Waals surface area contributed by atoms with Crippen LogP contribution in [0.15, 0.2) is 12.1 Å². The minimum absolute atomic E-state index is 0.125. The normalized spacial score (nSPS) is 13.9. The molecule has 1 rings (SSSR count). The molecule has 5 heteroatoms. The van der Waals surface area contributed by atoms with Crippen molar-refractivity contribution in [1.82, 2.24) is 0 Å². The Morgan fingerprint density at radius 2 is 1.50 bits per heavy atom. The van der Waals surface area contributed by atoms with Gasteiger partial charge in [0.1, 0.15) is 5.75 Å². The second kappa shape index (κ2) is 6.04. The van der Waals surface area contributed by atoms with Gasteiger partial charge in [-0.1, -0.05) is 39.8 Å². The smallest absolute Gasteiger partial charge is 0.418 e. The molecule has 2 nitrogen and oxygen atoms in total. The minimum atomic E-state index is -4.69. The third kappa shape index (κ3) is 3.26. The Labute approximate surface area is 117 Å². The molecule has 0 radical (unpaired) electrons. The SMILES string of the molecule is COc1c(C(C)C)ccc(C(O)C(F)(F)F)c1C(C)C. The zero-order chi connectivity index (χ0) is 15.7. The van der Waals surface area contributed by atoms with Gasteiger partial charge in [0.15, 0.2) is 6.10 Å². The Balaban J connectivity index is 3.55. The topological polar surface area (TPSA) is 29.5 Å². The van der Waals surface area contributed by atoms with Gasteiger partial charge < -0.3 is 9.84 Å². The number of benzene rings is 1. The summed E-state index contributed by atoms with van der Waals surface area (Å²) in [6.45, 7) is 7.47. The molecule has 0 spiro atoms. The van der Waals surface area contributed by atoms with E-state index in [0.29, 0.717) is 11.3 Å². The first kappa shape index (κ1) is 16.8. The van der Waals surface area contributed by atoms with Gasteiger partial charge in [0.05, 0.1) is 7.11 Å². The molecule has 0 fully saturated rings. The lowest BCUT2D eigenvalue weighted by atomic mass is 9.87. The van der Waals surface area contributed by atoms with E-state index in [4.69, 9.17) is 4.74 Å². The van der Waals surface area contributed by atoms with Crippen molar-refractivity contribution in [2.24, 2.45) is 0 Å². The van der Waals surface area contributed by atoms with Crippen LogP contribution in [0.1, 0.15) is 62.3 Å². The molecule has 0 amide bonds. The summed E-state index contributed by atoms with van der Waals surface area (Å²) in [5.41, 5.74) is 1.13. The highest BCUT2D eigenvalue weighted by molar-refractivity contribution is 5.50. The number of halogens is 3. The van der Waals surface area contributed by atoms with E-state index in [0.717, 1.165) is 5.56 Å². The van der Waals surface area contributed by atoms with Crippen LogP contribution in [0.5, 0.6) is 5.75 Å². The van der Waals surface area contributed by atoms with Crippen LogP contribution in [-0.4, -0.2) is 18.4 Å². The Kier molecular flexibility index (Phi) is 5.08. The predicted molar refractivity (Wildman–Crippen MR) is 72.2 cm³/mol. The largest absolute Gasteiger partial charge is 0.496 e. The number of alkyl halides is 3. The van der Waals surface area contributed by atoms with Crippen LogP contribution >= 0.6 is 0 Å². The summed E-state index contributed by atoms with van der Waals surface area (Å²) in [6.07, 6.45) is -7.18. The molecule has 1 N–H and O–H groups in total. The summed E-state index contributed by atoms with van der Waals surface area (Å²) in [7, 11) is 1.44. The molecule has 0 saturated heterocycles. The molecular formula is C15H21F3O2. The van der Waals surface area contributed by atoms with Crippen LogP contribution in [0.4, 0.5) is 13.2 Å². The van der Waals surface area contributed by atoms with Gasteiger partial charge in [-0.15, -0.1) is 0 Å². The van der Waals surface area contributed by atoms with Crippen molar-refractivity contribution in [2.75, 3.05) is 7.11 Å². The van der Waals surface area contributed by atoms with E-state index in [2.05, 4.69) is 0 Å². The maximum atomic E-state index is 12.8. The van der Waals surface area contributed by atoms with E-state index in [1.54, 1.807) is 19.9 Å². The van der Waals surface area contributed by atoms with E-state index >= 15 is 0 Å². The number of aliphatic hydroxyl groups is 1. The van der Waals surface area contributed by atoms with Gasteiger partial charge >= 0.3 is 6.18 Å². The Bertz CT molecular complexity index is 465. The summed E-state index contributed by atoms with van der Waals surface area (Å²) in [4.78, 5) is 0. The number of aliphatic hydroxyl groups excluding tert-OH is 1. The molecule has 1 atom stereocenters. The van der Waals surface area contributed by atoms with Crippen molar-refractivity contribution in [3.8, 4) is 5.75 Å². The van der Waals surface area contributed by atoms with Gasteiger partial charge in [-0.05, 0) is 23.0 Å². The summed E-state index contributed by atoms with van der Waals surface area (Å²) >= 11 is 0. The van der Waals surface area contributed by atoms with Crippen molar-refractivity contribution >= 4 is 0 Å². The third-order valence-corrected chi connectivity index (χ3v) is 3.27. The molecule has 114 valence electrons. The molecule has 0 aromatic heterocycles. The van der Waals surface area contributed by atoms with Gasteiger partial charge in [-0.25, -0.2) is 0 Å². The maximum Gasteiger partial charge on any atom is 0.418 e. The lowest BCUT2D eigenvalue weighted by Gasteiger charge is -2.25. The first-order valence-electron chi connectivity index (χ1n) is 6.56. The van der Waals surface area contributed by atoms with Crippen LogP contribution in [-0.2, 0) is 0 Å². The first-order valence-corrected chi connectivity index (χ1v) is 6.56. The van der Waals surface area contributed by atoms with Crippen LogP contribution in [0.2, 0.25) is 0 Å². The highest BCUT2D eigenvalue weighted by Gasteiger charge is 2.41. The quantitative estimate of drug-likeness (QED) is 0.882. The number of hydrogen-bond acceptors (Lipinski definition) is 2. The third-order valence-electron chi connectivity index (χ3n) is 3.27. The molecule has 0 aliphatic heterocycles. The zero-order valence-electron chi connectivity index (χ0n) is 12.4. The van der Waals surface area contributed by atoms with E-state index in [9.17, 15) is 18.3 Å². The van der Waals surface area contributed by atoms with Crippen molar-refractivity contribution < 1.29 is 23.0 Å². The fraction of sp³-hybridized carbons (Fsp3) is 0.600. The van der Waals surface area contributed by atoms with Gasteiger partial charge in [0, 0.05) is 5.56 Å². The van der Waals surface area contributed by atoms with Crippen LogP contribution in [0.3, 0.4) is 0 Å². The molecule has 0 saturated carbocycles. The zero-order valence-corrected chi connectivity index (χ0v) is 12.4. The monoisotopic (exact) mass is 290 g/mol. The molecule has 1 aromatic carbocycles. The first-order chi connectivity index (χ1) is 9.11. The van der Waals surface area contributed by atoms with Crippen LogP contribution in [0.25, 0.3) is 0 Å². The highest BCUT2D eigenvalue weighted by Crippen LogP contribution is 2.43. The van der Waals surface area contributed by atoms with Gasteiger partial charge in [0.2, 0.25) is 0 Å². The molecule has 0 bridgehead atoms. The van der Waals surface area contributed by atoms with Gasteiger partial charge in [-0.2, -0.15) is 13.2 Å². The molecule has 0 aliphatic carbocycles. The Morgan fingerprint density at radius 1 is 1.00 bits per heavy atom. The fourth-order valence-electron chi connectivity index (χ4n) is 2.32. The lowest BCUT2D eigenvalue weighted by molar-refractivity contribution is -0.207. The fourth-order valence-corrected chi connectivity index (χ4v) is 2.32. The van der Waals surface area contributed by atoms with Crippen LogP contribution < -0.4 is 4.74 Å². The number of ether oxygens (including phenoxy) is 1. The molecular weight excluding hydrogens is 269 g/mol. The van der Waals surface area contributed by atoms with Crippen molar-refractivity contribution in [3.05, 3.63) is 28.8 Å². The summed E-state index contributed by atoms with van der Waals surface area (Å²) in [5, 5.41) is 9.56. The molecule has 1 aromatic rings. The average Bonchev–Trinajstić information content (AvgIpc) is 2.34. The van der Waals surface area contributed by atoms with Gasteiger partial charge in [-0.3, -0.25) is 0 Å². The molecule has 1 unspecified atom stereocenters. The second-order valence-corrected chi connectivity index (χ2v) is 5.44. The Hall–Kier alpha value is -1.23. The summed E-state index contributed by atoms with van der Waals surface area (Å²) in [6, 6.07) is 2.95. The minimum Gasteiger partial charge on any atom is -0.496 e. The lowest BCUT2D eigenvalue weighted by Crippen LogP contribution is -2.22. The van der Waals surface area contributed by atoms with Crippen LogP contribution in [0, 0.1) is 0 Å². The molecule has 20 heavy (non-hydrogen) atoms. The number of rotatable bonds is 4. The molecule has 0 heterocycles.